The molecule has 0 atom stereocenters. The van der Waals surface area contributed by atoms with Crippen LogP contribution < -0.4 is 4.72 Å². The average molecular weight is 322 g/mol. The average Bonchev–Trinajstić information content (AvgIpc) is 2.21. The Bertz CT molecular complexity index is 502. The molecule has 0 saturated carbocycles. The van der Waals surface area contributed by atoms with Crippen LogP contribution in [0.4, 0.5) is 5.82 Å². The van der Waals surface area contributed by atoms with Gasteiger partial charge in [0.05, 0.1) is 0 Å². The number of halogens is 1. The monoisotopic (exact) mass is 321 g/mol. The van der Waals surface area contributed by atoms with E-state index in [0.29, 0.717) is 5.82 Å². The molecule has 1 aromatic rings. The van der Waals surface area contributed by atoms with Crippen LogP contribution >= 0.6 is 15.9 Å². The summed E-state index contributed by atoms with van der Waals surface area (Å²) < 4.78 is 28.4. The van der Waals surface area contributed by atoms with E-state index in [0.717, 1.165) is 10.0 Å². The molecule has 5 nitrogen and oxygen atoms in total. The summed E-state index contributed by atoms with van der Waals surface area (Å²) in [4.78, 5) is 4.04. The van der Waals surface area contributed by atoms with Gasteiger partial charge in [-0.1, -0.05) is 0 Å². The van der Waals surface area contributed by atoms with Gasteiger partial charge in [-0.15, -0.1) is 0 Å². The Kier molecular flexibility index (Phi) is 4.51. The van der Waals surface area contributed by atoms with Crippen LogP contribution in [-0.2, 0) is 10.2 Å². The van der Waals surface area contributed by atoms with Gasteiger partial charge in [0.15, 0.2) is 0 Å². The highest BCUT2D eigenvalue weighted by molar-refractivity contribution is 9.10. The topological polar surface area (TPSA) is 62.3 Å². The summed E-state index contributed by atoms with van der Waals surface area (Å²) in [6.07, 6.45) is 1.56. The highest BCUT2D eigenvalue weighted by Gasteiger charge is 2.21. The van der Waals surface area contributed by atoms with Crippen LogP contribution in [0.1, 0.15) is 19.4 Å². The summed E-state index contributed by atoms with van der Waals surface area (Å²) in [5, 5.41) is 0. The van der Waals surface area contributed by atoms with Crippen molar-refractivity contribution in [2.45, 2.75) is 26.8 Å². The lowest BCUT2D eigenvalue weighted by molar-refractivity contribution is 0.414. The number of pyridine rings is 1. The molecule has 0 bridgehead atoms. The summed E-state index contributed by atoms with van der Waals surface area (Å²) >= 11 is 3.28. The molecular formula is C10H16BrN3O2S. The van der Waals surface area contributed by atoms with Gasteiger partial charge >= 0.3 is 10.2 Å². The maximum Gasteiger partial charge on any atom is 0.302 e. The number of hydrogen-bond donors (Lipinski definition) is 1. The maximum absolute atomic E-state index is 11.9. The van der Waals surface area contributed by atoms with Crippen molar-refractivity contribution in [3.63, 3.8) is 0 Å². The first-order valence-electron chi connectivity index (χ1n) is 5.12. The molecule has 0 aliphatic carbocycles. The van der Waals surface area contributed by atoms with Gasteiger partial charge in [0.2, 0.25) is 0 Å². The highest BCUT2D eigenvalue weighted by atomic mass is 79.9. The Morgan fingerprint density at radius 1 is 1.47 bits per heavy atom. The zero-order valence-corrected chi connectivity index (χ0v) is 12.6. The van der Waals surface area contributed by atoms with Crippen LogP contribution in [0.2, 0.25) is 0 Å². The first-order chi connectivity index (χ1) is 7.74. The summed E-state index contributed by atoms with van der Waals surface area (Å²) in [5.74, 6) is 0.348. The van der Waals surface area contributed by atoms with Crippen molar-refractivity contribution >= 4 is 32.0 Å². The molecule has 0 aliphatic heterocycles. The summed E-state index contributed by atoms with van der Waals surface area (Å²) in [6.45, 7) is 5.41. The molecule has 0 saturated heterocycles. The largest absolute Gasteiger partial charge is 0.302 e. The summed E-state index contributed by atoms with van der Waals surface area (Å²) in [7, 11) is -2.01. The molecule has 0 fully saturated rings. The molecule has 96 valence electrons. The lowest BCUT2D eigenvalue weighted by atomic mass is 10.3. The molecule has 1 N–H and O–H groups in total. The Balaban J connectivity index is 2.98. The second-order valence-electron chi connectivity index (χ2n) is 4.04. The van der Waals surface area contributed by atoms with Crippen molar-refractivity contribution in [1.82, 2.24) is 9.29 Å². The van der Waals surface area contributed by atoms with Gasteiger partial charge in [0.25, 0.3) is 0 Å². The third-order valence-corrected chi connectivity index (χ3v) is 4.44. The van der Waals surface area contributed by atoms with Gasteiger partial charge in [-0.2, -0.15) is 12.7 Å². The van der Waals surface area contributed by atoms with Crippen LogP contribution in [0.25, 0.3) is 0 Å². The first kappa shape index (κ1) is 14.4. The zero-order valence-electron chi connectivity index (χ0n) is 10.2. The lowest BCUT2D eigenvalue weighted by Crippen LogP contribution is -2.37. The summed E-state index contributed by atoms with van der Waals surface area (Å²) in [6, 6.07) is 1.70. The minimum absolute atomic E-state index is 0.108. The van der Waals surface area contributed by atoms with Gasteiger partial charge in [-0.05, 0) is 48.3 Å². The second kappa shape index (κ2) is 5.32. The third-order valence-electron chi connectivity index (χ3n) is 2.38. The molecule has 17 heavy (non-hydrogen) atoms. The van der Waals surface area contributed by atoms with E-state index in [9.17, 15) is 8.42 Å². The molecule has 0 unspecified atom stereocenters. The minimum atomic E-state index is -3.54. The lowest BCUT2D eigenvalue weighted by Gasteiger charge is -2.21. The van der Waals surface area contributed by atoms with E-state index in [1.54, 1.807) is 33.0 Å². The predicted octanol–water partition coefficient (Wildman–Crippen LogP) is 2.15. The van der Waals surface area contributed by atoms with Gasteiger partial charge in [0, 0.05) is 23.8 Å². The molecule has 0 radical (unpaired) electrons. The van der Waals surface area contributed by atoms with Crippen LogP contribution in [0.3, 0.4) is 0 Å². The molecule has 7 heteroatoms. The Morgan fingerprint density at radius 2 is 2.06 bits per heavy atom. The Hall–Kier alpha value is -0.660. The number of hydrogen-bond acceptors (Lipinski definition) is 3. The molecule has 1 rings (SSSR count). The molecular weight excluding hydrogens is 306 g/mol. The van der Waals surface area contributed by atoms with Crippen LogP contribution in [-0.4, -0.2) is 30.8 Å². The molecule has 0 spiro atoms. The minimum Gasteiger partial charge on any atom is -0.254 e. The normalized spacial score (nSPS) is 12.2. The standard InChI is InChI=1S/C10H16BrN3O2S/c1-7(2)14(4)17(15,16)13-10-8(3)5-9(11)6-12-10/h5-7H,1-4H3,(H,12,13). The molecule has 0 amide bonds. The van der Waals surface area contributed by atoms with Gasteiger partial charge in [-0.3, -0.25) is 4.72 Å². The number of nitrogens with one attached hydrogen (secondary N) is 1. The fraction of sp³-hybridized carbons (Fsp3) is 0.500. The van der Waals surface area contributed by atoms with Crippen molar-refractivity contribution in [3.8, 4) is 0 Å². The van der Waals surface area contributed by atoms with Gasteiger partial charge in [-0.25, -0.2) is 4.98 Å². The number of aryl methyl sites for hydroxylation is 1. The predicted molar refractivity (Wildman–Crippen MR) is 72.1 cm³/mol. The molecule has 1 aromatic heterocycles. The van der Waals surface area contributed by atoms with Crippen molar-refractivity contribution < 1.29 is 8.42 Å². The third kappa shape index (κ3) is 3.65. The van der Waals surface area contributed by atoms with E-state index in [1.807, 2.05) is 0 Å². The van der Waals surface area contributed by atoms with E-state index in [-0.39, 0.29) is 6.04 Å². The van der Waals surface area contributed by atoms with Gasteiger partial charge < -0.3 is 0 Å². The quantitative estimate of drug-likeness (QED) is 0.924. The van der Waals surface area contributed by atoms with E-state index in [2.05, 4.69) is 25.6 Å². The fourth-order valence-electron chi connectivity index (χ4n) is 1.12. The smallest absolute Gasteiger partial charge is 0.254 e. The number of nitrogens with zero attached hydrogens (tertiary/aromatic N) is 2. The summed E-state index contributed by atoms with van der Waals surface area (Å²) in [5.41, 5.74) is 0.764. The van der Waals surface area contributed by atoms with E-state index >= 15 is 0 Å². The first-order valence-corrected chi connectivity index (χ1v) is 7.35. The molecule has 0 aromatic carbocycles. The maximum atomic E-state index is 11.9. The SMILES string of the molecule is Cc1cc(Br)cnc1NS(=O)(=O)N(C)C(C)C. The van der Waals surface area contributed by atoms with Crippen molar-refractivity contribution in [2.75, 3.05) is 11.8 Å². The Labute approximate surface area is 111 Å². The highest BCUT2D eigenvalue weighted by Crippen LogP contribution is 2.18. The van der Waals surface area contributed by atoms with Gasteiger partial charge in [0.1, 0.15) is 5.82 Å². The van der Waals surface area contributed by atoms with Crippen molar-refractivity contribution in [1.29, 1.82) is 0 Å². The molecule has 0 aliphatic rings. The van der Waals surface area contributed by atoms with E-state index in [1.165, 1.54) is 11.4 Å². The fourth-order valence-corrected chi connectivity index (χ4v) is 2.72. The van der Waals surface area contributed by atoms with Crippen LogP contribution in [0.5, 0.6) is 0 Å². The van der Waals surface area contributed by atoms with E-state index < -0.39 is 10.2 Å². The number of anilines is 1. The van der Waals surface area contributed by atoms with Crippen molar-refractivity contribution in [3.05, 3.63) is 22.3 Å². The van der Waals surface area contributed by atoms with Crippen LogP contribution in [0.15, 0.2) is 16.7 Å². The molecule has 1 heterocycles. The second-order valence-corrected chi connectivity index (χ2v) is 6.68. The van der Waals surface area contributed by atoms with Crippen LogP contribution in [0, 0.1) is 6.92 Å². The number of rotatable bonds is 4. The zero-order chi connectivity index (χ0) is 13.2. The van der Waals surface area contributed by atoms with Crippen molar-refractivity contribution in [2.24, 2.45) is 0 Å². The number of aromatic nitrogens is 1. The van der Waals surface area contributed by atoms with E-state index in [4.69, 9.17) is 0 Å². The Morgan fingerprint density at radius 3 is 2.53 bits per heavy atom.